The first-order valence-electron chi connectivity index (χ1n) is 5.92. The predicted molar refractivity (Wildman–Crippen MR) is 75.5 cm³/mol. The fraction of sp³-hybridized carbons (Fsp3) is 0.583. The van der Waals surface area contributed by atoms with Gasteiger partial charge >= 0.3 is 0 Å². The zero-order chi connectivity index (χ0) is 13.9. The van der Waals surface area contributed by atoms with Crippen molar-refractivity contribution in [1.82, 2.24) is 14.7 Å². The Balaban J connectivity index is 2.89. The SMILES string of the molecule is Cc1nn(C)cc1C(=O)N(CCC(N)=S)C(C)C. The van der Waals surface area contributed by atoms with E-state index in [1.807, 2.05) is 20.8 Å². The van der Waals surface area contributed by atoms with Crippen molar-refractivity contribution in [2.24, 2.45) is 12.8 Å². The van der Waals surface area contributed by atoms with Gasteiger partial charge in [0.25, 0.3) is 5.91 Å². The van der Waals surface area contributed by atoms with Crippen molar-refractivity contribution in [2.45, 2.75) is 33.2 Å². The molecule has 0 bridgehead atoms. The maximum Gasteiger partial charge on any atom is 0.257 e. The number of hydrogen-bond donors (Lipinski definition) is 1. The lowest BCUT2D eigenvalue weighted by Crippen LogP contribution is -2.39. The number of amides is 1. The highest BCUT2D eigenvalue weighted by atomic mass is 32.1. The first kappa shape index (κ1) is 14.6. The van der Waals surface area contributed by atoms with Gasteiger partial charge in [-0.3, -0.25) is 9.48 Å². The molecule has 0 radical (unpaired) electrons. The molecule has 0 atom stereocenters. The molecule has 100 valence electrons. The zero-order valence-corrected chi connectivity index (χ0v) is 12.1. The third-order valence-corrected chi connectivity index (χ3v) is 2.93. The molecule has 0 saturated heterocycles. The Labute approximate surface area is 113 Å². The monoisotopic (exact) mass is 268 g/mol. The van der Waals surface area contributed by atoms with Crippen molar-refractivity contribution < 1.29 is 4.79 Å². The molecule has 0 aliphatic heterocycles. The minimum Gasteiger partial charge on any atom is -0.393 e. The van der Waals surface area contributed by atoms with E-state index in [4.69, 9.17) is 18.0 Å². The summed E-state index contributed by atoms with van der Waals surface area (Å²) in [5.41, 5.74) is 6.86. The second kappa shape index (κ2) is 5.95. The fourth-order valence-corrected chi connectivity index (χ4v) is 1.88. The van der Waals surface area contributed by atoms with Gasteiger partial charge in [-0.25, -0.2) is 0 Å². The second-order valence-electron chi connectivity index (χ2n) is 4.61. The van der Waals surface area contributed by atoms with Gasteiger partial charge < -0.3 is 10.6 Å². The first-order chi connectivity index (χ1) is 8.32. The molecule has 1 aromatic heterocycles. The van der Waals surface area contributed by atoms with Gasteiger partial charge in [-0.2, -0.15) is 5.10 Å². The number of aromatic nitrogens is 2. The Morgan fingerprint density at radius 1 is 1.61 bits per heavy atom. The maximum atomic E-state index is 12.4. The molecule has 0 aliphatic carbocycles. The molecule has 2 N–H and O–H groups in total. The third kappa shape index (κ3) is 3.53. The third-order valence-electron chi connectivity index (χ3n) is 2.73. The highest BCUT2D eigenvalue weighted by Crippen LogP contribution is 2.12. The molecule has 1 heterocycles. The van der Waals surface area contributed by atoms with Crippen molar-refractivity contribution in [3.8, 4) is 0 Å². The van der Waals surface area contributed by atoms with E-state index in [9.17, 15) is 4.79 Å². The summed E-state index contributed by atoms with van der Waals surface area (Å²) in [7, 11) is 1.80. The molecule has 0 aromatic carbocycles. The maximum absolute atomic E-state index is 12.4. The molecule has 0 fully saturated rings. The molecule has 1 aromatic rings. The van der Waals surface area contributed by atoms with Crippen molar-refractivity contribution in [1.29, 1.82) is 0 Å². The number of nitrogens with two attached hydrogens (primary N) is 1. The molecule has 0 aliphatic rings. The lowest BCUT2D eigenvalue weighted by atomic mass is 10.2. The minimum absolute atomic E-state index is 0.0214. The van der Waals surface area contributed by atoms with Crippen LogP contribution in [0.15, 0.2) is 6.20 Å². The Hall–Kier alpha value is -1.43. The topological polar surface area (TPSA) is 64.2 Å². The van der Waals surface area contributed by atoms with Crippen LogP contribution in [0, 0.1) is 6.92 Å². The number of rotatable bonds is 5. The molecule has 5 nitrogen and oxygen atoms in total. The highest BCUT2D eigenvalue weighted by Gasteiger charge is 2.21. The molecule has 1 amide bonds. The average Bonchev–Trinajstić information content (AvgIpc) is 2.56. The van der Waals surface area contributed by atoms with Crippen LogP contribution in [0.4, 0.5) is 0 Å². The summed E-state index contributed by atoms with van der Waals surface area (Å²) in [6.07, 6.45) is 2.28. The first-order valence-corrected chi connectivity index (χ1v) is 6.33. The number of carbonyl (C=O) groups is 1. The highest BCUT2D eigenvalue weighted by molar-refractivity contribution is 7.80. The van der Waals surface area contributed by atoms with Crippen LogP contribution >= 0.6 is 12.2 Å². The van der Waals surface area contributed by atoms with Crippen LogP contribution in [-0.2, 0) is 7.05 Å². The van der Waals surface area contributed by atoms with Crippen LogP contribution in [0.3, 0.4) is 0 Å². The van der Waals surface area contributed by atoms with Crippen LogP contribution in [0.2, 0.25) is 0 Å². The fourth-order valence-electron chi connectivity index (χ4n) is 1.79. The summed E-state index contributed by atoms with van der Waals surface area (Å²) in [4.78, 5) is 14.6. The smallest absolute Gasteiger partial charge is 0.257 e. The largest absolute Gasteiger partial charge is 0.393 e. The van der Waals surface area contributed by atoms with E-state index in [1.54, 1.807) is 22.8 Å². The van der Waals surface area contributed by atoms with Gasteiger partial charge in [0.1, 0.15) is 0 Å². The van der Waals surface area contributed by atoms with Crippen molar-refractivity contribution in [3.05, 3.63) is 17.5 Å². The van der Waals surface area contributed by atoms with E-state index < -0.39 is 0 Å². The Morgan fingerprint density at radius 2 is 2.22 bits per heavy atom. The molecule has 0 spiro atoms. The summed E-state index contributed by atoms with van der Waals surface area (Å²) >= 11 is 4.86. The normalized spacial score (nSPS) is 10.7. The van der Waals surface area contributed by atoms with E-state index >= 15 is 0 Å². The van der Waals surface area contributed by atoms with Crippen LogP contribution in [-0.4, -0.2) is 38.2 Å². The van der Waals surface area contributed by atoms with Crippen molar-refractivity contribution in [2.75, 3.05) is 6.54 Å². The Bertz CT molecular complexity index is 453. The zero-order valence-electron chi connectivity index (χ0n) is 11.3. The lowest BCUT2D eigenvalue weighted by Gasteiger charge is -2.26. The van der Waals surface area contributed by atoms with E-state index in [1.165, 1.54) is 0 Å². The summed E-state index contributed by atoms with van der Waals surface area (Å²) in [6.45, 7) is 6.33. The van der Waals surface area contributed by atoms with Crippen molar-refractivity contribution >= 4 is 23.1 Å². The number of hydrogen-bond acceptors (Lipinski definition) is 3. The molecule has 0 unspecified atom stereocenters. The van der Waals surface area contributed by atoms with Gasteiger partial charge in [-0.1, -0.05) is 12.2 Å². The summed E-state index contributed by atoms with van der Waals surface area (Å²) in [5.74, 6) is -0.0214. The van der Waals surface area contributed by atoms with E-state index in [2.05, 4.69) is 5.10 Å². The molecule has 0 saturated carbocycles. The summed E-state index contributed by atoms with van der Waals surface area (Å²) < 4.78 is 1.65. The van der Waals surface area contributed by atoms with Gasteiger partial charge in [0, 0.05) is 32.3 Å². The van der Waals surface area contributed by atoms with Crippen LogP contribution < -0.4 is 5.73 Å². The van der Waals surface area contributed by atoms with Crippen LogP contribution in [0.5, 0.6) is 0 Å². The predicted octanol–water partition coefficient (Wildman–Crippen LogP) is 1.26. The van der Waals surface area contributed by atoms with Crippen molar-refractivity contribution in [3.63, 3.8) is 0 Å². The van der Waals surface area contributed by atoms with Gasteiger partial charge in [0.05, 0.1) is 16.2 Å². The molecule has 1 rings (SSSR count). The average molecular weight is 268 g/mol. The van der Waals surface area contributed by atoms with Gasteiger partial charge in [0.15, 0.2) is 0 Å². The van der Waals surface area contributed by atoms with Crippen LogP contribution in [0.25, 0.3) is 0 Å². The molecule has 18 heavy (non-hydrogen) atoms. The van der Waals surface area contributed by atoms with E-state index in [-0.39, 0.29) is 11.9 Å². The Morgan fingerprint density at radius 3 is 2.61 bits per heavy atom. The number of thiocarbonyl (C=S) groups is 1. The lowest BCUT2D eigenvalue weighted by molar-refractivity contribution is 0.0711. The van der Waals surface area contributed by atoms with Gasteiger partial charge in [-0.05, 0) is 20.8 Å². The second-order valence-corrected chi connectivity index (χ2v) is 5.13. The van der Waals surface area contributed by atoms with Gasteiger partial charge in [0.2, 0.25) is 0 Å². The number of carbonyl (C=O) groups excluding carboxylic acids is 1. The molecular formula is C12H20N4OS. The molecule has 6 heteroatoms. The Kier molecular flexibility index (Phi) is 4.84. The minimum atomic E-state index is -0.0214. The van der Waals surface area contributed by atoms with E-state index in [0.29, 0.717) is 23.5 Å². The quantitative estimate of drug-likeness (QED) is 0.816. The van der Waals surface area contributed by atoms with Crippen LogP contribution in [0.1, 0.15) is 36.3 Å². The number of aryl methyl sites for hydroxylation is 2. The molecular weight excluding hydrogens is 248 g/mol. The summed E-state index contributed by atoms with van der Waals surface area (Å²) in [6, 6.07) is 0.103. The van der Waals surface area contributed by atoms with E-state index in [0.717, 1.165) is 5.69 Å². The summed E-state index contributed by atoms with van der Waals surface area (Å²) in [5, 5.41) is 4.19. The van der Waals surface area contributed by atoms with Gasteiger partial charge in [-0.15, -0.1) is 0 Å². The standard InChI is InChI=1S/C12H20N4OS/c1-8(2)16(6-5-11(13)18)12(17)10-7-15(4)14-9(10)3/h7-8H,5-6H2,1-4H3,(H2,13,18). The number of nitrogens with zero attached hydrogens (tertiary/aromatic N) is 3.